The number of nitrogens with one attached hydrogen (secondary N) is 1. The Morgan fingerprint density at radius 3 is 2.56 bits per heavy atom. The van der Waals surface area contributed by atoms with Gasteiger partial charge in [0.2, 0.25) is 0 Å². The molecular weight excluding hydrogens is 244 g/mol. The van der Waals surface area contributed by atoms with E-state index in [1.807, 2.05) is 27.0 Å². The lowest BCUT2D eigenvalue weighted by Crippen LogP contribution is -2.35. The first-order chi connectivity index (χ1) is 7.52. The maximum Gasteiger partial charge on any atom is 0.252 e. The van der Waals surface area contributed by atoms with E-state index in [-0.39, 0.29) is 0 Å². The monoisotopic (exact) mass is 262 g/mol. The van der Waals surface area contributed by atoms with E-state index in [9.17, 15) is 8.42 Å². The summed E-state index contributed by atoms with van der Waals surface area (Å²) in [6, 6.07) is 3.51. The fourth-order valence-electron chi connectivity index (χ4n) is 1.36. The molecule has 1 aromatic heterocycles. The lowest BCUT2D eigenvalue weighted by atomic mass is 10.5. The Kier molecular flexibility index (Phi) is 4.91. The van der Waals surface area contributed by atoms with Gasteiger partial charge in [0, 0.05) is 24.5 Å². The summed E-state index contributed by atoms with van der Waals surface area (Å²) in [5.74, 6) is 0. The number of likely N-dealkylation sites (N-methyl/N-ethyl adjacent to an activating group) is 2. The van der Waals surface area contributed by atoms with E-state index in [0.29, 0.717) is 23.8 Å². The van der Waals surface area contributed by atoms with Gasteiger partial charge in [0.25, 0.3) is 10.0 Å². The van der Waals surface area contributed by atoms with Gasteiger partial charge in [-0.2, -0.15) is 4.31 Å². The summed E-state index contributed by atoms with van der Waals surface area (Å²) in [7, 11) is -1.48. The van der Waals surface area contributed by atoms with Crippen LogP contribution in [0.15, 0.2) is 16.3 Å². The van der Waals surface area contributed by atoms with Crippen molar-refractivity contribution in [3.8, 4) is 0 Å². The third kappa shape index (κ3) is 3.04. The Morgan fingerprint density at radius 1 is 1.44 bits per heavy atom. The Balaban J connectivity index is 2.90. The van der Waals surface area contributed by atoms with Crippen molar-refractivity contribution < 1.29 is 8.42 Å². The molecule has 1 heterocycles. The predicted octanol–water partition coefficient (Wildman–Crippen LogP) is 1.29. The minimum Gasteiger partial charge on any atom is -0.318 e. The lowest BCUT2D eigenvalue weighted by Gasteiger charge is -2.19. The molecule has 0 aliphatic carbocycles. The summed E-state index contributed by atoms with van der Waals surface area (Å²) >= 11 is 1.32. The highest BCUT2D eigenvalue weighted by molar-refractivity contribution is 7.91. The molecule has 1 N–H and O–H groups in total. The fourth-order valence-corrected chi connectivity index (χ4v) is 4.25. The maximum absolute atomic E-state index is 12.2. The minimum absolute atomic E-state index is 0.433. The van der Waals surface area contributed by atoms with E-state index in [1.165, 1.54) is 15.6 Å². The lowest BCUT2D eigenvalue weighted by molar-refractivity contribution is 0.427. The van der Waals surface area contributed by atoms with Crippen LogP contribution in [0.1, 0.15) is 11.8 Å². The molecule has 4 nitrogen and oxygen atoms in total. The van der Waals surface area contributed by atoms with Crippen molar-refractivity contribution in [1.82, 2.24) is 9.62 Å². The smallest absolute Gasteiger partial charge is 0.252 e. The van der Waals surface area contributed by atoms with Crippen molar-refractivity contribution in [2.75, 3.05) is 26.7 Å². The second-order valence-corrected chi connectivity index (χ2v) is 6.92. The normalized spacial score (nSPS) is 12.2. The minimum atomic E-state index is -3.29. The van der Waals surface area contributed by atoms with Crippen LogP contribution in [0.2, 0.25) is 0 Å². The van der Waals surface area contributed by atoms with Gasteiger partial charge in [0.1, 0.15) is 4.21 Å². The summed E-state index contributed by atoms with van der Waals surface area (Å²) in [4.78, 5) is 1.02. The van der Waals surface area contributed by atoms with E-state index in [0.717, 1.165) is 4.88 Å². The molecule has 0 aliphatic heterocycles. The van der Waals surface area contributed by atoms with Crippen molar-refractivity contribution in [2.45, 2.75) is 18.1 Å². The summed E-state index contributed by atoms with van der Waals surface area (Å²) in [6.07, 6.45) is 0. The third-order valence-electron chi connectivity index (χ3n) is 2.27. The number of hydrogen-bond acceptors (Lipinski definition) is 4. The first-order valence-corrected chi connectivity index (χ1v) is 7.49. The highest BCUT2D eigenvalue weighted by Crippen LogP contribution is 2.23. The average molecular weight is 262 g/mol. The number of sulfonamides is 1. The molecule has 92 valence electrons. The van der Waals surface area contributed by atoms with E-state index in [4.69, 9.17) is 0 Å². The molecule has 0 amide bonds. The Bertz CT molecular complexity index is 426. The quantitative estimate of drug-likeness (QED) is 0.840. The van der Waals surface area contributed by atoms with Crippen LogP contribution in [0.3, 0.4) is 0 Å². The molecule has 0 saturated carbocycles. The van der Waals surface area contributed by atoms with Crippen LogP contribution in [0.5, 0.6) is 0 Å². The van der Waals surface area contributed by atoms with Gasteiger partial charge in [-0.3, -0.25) is 0 Å². The summed E-state index contributed by atoms with van der Waals surface area (Å²) in [6.45, 7) is 5.44. The molecule has 6 heteroatoms. The molecule has 0 unspecified atom stereocenters. The summed E-state index contributed by atoms with van der Waals surface area (Å²) in [5.41, 5.74) is 0. The van der Waals surface area contributed by atoms with Crippen molar-refractivity contribution in [2.24, 2.45) is 0 Å². The highest BCUT2D eigenvalue weighted by Gasteiger charge is 2.23. The molecule has 16 heavy (non-hydrogen) atoms. The van der Waals surface area contributed by atoms with Crippen LogP contribution in [0.4, 0.5) is 0 Å². The van der Waals surface area contributed by atoms with E-state index in [2.05, 4.69) is 5.32 Å². The molecule has 0 aromatic carbocycles. The van der Waals surface area contributed by atoms with E-state index < -0.39 is 10.0 Å². The average Bonchev–Trinajstić information content (AvgIpc) is 2.66. The number of nitrogens with zero attached hydrogens (tertiary/aromatic N) is 1. The SMILES string of the molecule is CCN(CCNC)S(=O)(=O)c1ccc(C)s1. The third-order valence-corrected chi connectivity index (χ3v) is 5.72. The van der Waals surface area contributed by atoms with Gasteiger partial charge in [0.15, 0.2) is 0 Å². The van der Waals surface area contributed by atoms with Gasteiger partial charge in [-0.05, 0) is 26.1 Å². The first-order valence-electron chi connectivity index (χ1n) is 5.23. The predicted molar refractivity (Wildman–Crippen MR) is 67.4 cm³/mol. The molecule has 0 fully saturated rings. The molecule has 0 aliphatic rings. The molecular formula is C10H18N2O2S2. The maximum atomic E-state index is 12.2. The van der Waals surface area contributed by atoms with Crippen molar-refractivity contribution in [1.29, 1.82) is 0 Å². The largest absolute Gasteiger partial charge is 0.318 e. The Hall–Kier alpha value is -0.430. The van der Waals surface area contributed by atoms with Gasteiger partial charge < -0.3 is 5.32 Å². The number of aryl methyl sites for hydroxylation is 1. The highest BCUT2D eigenvalue weighted by atomic mass is 32.2. The topological polar surface area (TPSA) is 49.4 Å². The van der Waals surface area contributed by atoms with Crippen molar-refractivity contribution in [3.63, 3.8) is 0 Å². The van der Waals surface area contributed by atoms with Crippen LogP contribution < -0.4 is 5.32 Å². The molecule has 1 rings (SSSR count). The van der Waals surface area contributed by atoms with Crippen LogP contribution in [0, 0.1) is 6.92 Å². The fraction of sp³-hybridized carbons (Fsp3) is 0.600. The zero-order chi connectivity index (χ0) is 12.2. The van der Waals surface area contributed by atoms with Gasteiger partial charge in [-0.25, -0.2) is 8.42 Å². The van der Waals surface area contributed by atoms with Crippen molar-refractivity contribution in [3.05, 3.63) is 17.0 Å². The number of thiophene rings is 1. The second kappa shape index (κ2) is 5.77. The second-order valence-electron chi connectivity index (χ2n) is 3.47. The van der Waals surface area contributed by atoms with Crippen molar-refractivity contribution >= 4 is 21.4 Å². The summed E-state index contributed by atoms with van der Waals surface area (Å²) in [5, 5.41) is 2.96. The van der Waals surface area contributed by atoms with Gasteiger partial charge in [-0.1, -0.05) is 6.92 Å². The zero-order valence-corrected chi connectivity index (χ0v) is 11.5. The molecule has 1 aromatic rings. The molecule has 0 radical (unpaired) electrons. The zero-order valence-electron chi connectivity index (χ0n) is 9.86. The van der Waals surface area contributed by atoms with Gasteiger partial charge >= 0.3 is 0 Å². The summed E-state index contributed by atoms with van der Waals surface area (Å²) < 4.78 is 26.3. The number of rotatable bonds is 6. The Morgan fingerprint density at radius 2 is 2.12 bits per heavy atom. The van der Waals surface area contributed by atoms with Gasteiger partial charge in [0.05, 0.1) is 0 Å². The van der Waals surface area contributed by atoms with Crippen LogP contribution in [-0.2, 0) is 10.0 Å². The molecule has 0 atom stereocenters. The van der Waals surface area contributed by atoms with E-state index >= 15 is 0 Å². The molecule has 0 bridgehead atoms. The van der Waals surface area contributed by atoms with E-state index in [1.54, 1.807) is 6.07 Å². The standard InChI is InChI=1S/C10H18N2O2S2/c1-4-12(8-7-11-3)16(13,14)10-6-5-9(2)15-10/h5-6,11H,4,7-8H2,1-3H3. The van der Waals surface area contributed by atoms with Crippen LogP contribution in [0.25, 0.3) is 0 Å². The van der Waals surface area contributed by atoms with Gasteiger partial charge in [-0.15, -0.1) is 11.3 Å². The Labute approximate surface area is 101 Å². The molecule has 0 saturated heterocycles. The molecule has 0 spiro atoms. The first kappa shape index (κ1) is 13.6. The number of hydrogen-bond donors (Lipinski definition) is 1. The van der Waals surface area contributed by atoms with Crippen LogP contribution in [-0.4, -0.2) is 39.4 Å². The van der Waals surface area contributed by atoms with Crippen LogP contribution >= 0.6 is 11.3 Å².